The van der Waals surface area contributed by atoms with E-state index >= 15 is 0 Å². The lowest BCUT2D eigenvalue weighted by molar-refractivity contribution is -0.113. The quantitative estimate of drug-likeness (QED) is 0.709. The summed E-state index contributed by atoms with van der Waals surface area (Å²) in [4.78, 5) is 14.0. The Labute approximate surface area is 148 Å². The van der Waals surface area contributed by atoms with E-state index < -0.39 is 10.0 Å². The Morgan fingerprint density at radius 2 is 1.68 bits per heavy atom. The van der Waals surface area contributed by atoms with Gasteiger partial charge in [0.05, 0.1) is 15.5 Å². The van der Waals surface area contributed by atoms with Gasteiger partial charge >= 0.3 is 0 Å². The average Bonchev–Trinajstić information content (AvgIpc) is 2.83. The molecule has 25 heavy (non-hydrogen) atoms. The molecule has 1 amide bonds. The topological polar surface area (TPSA) is 125 Å². The van der Waals surface area contributed by atoms with E-state index in [0.29, 0.717) is 16.2 Å². The fourth-order valence-electron chi connectivity index (χ4n) is 2.23. The number of sulfonamides is 1. The van der Waals surface area contributed by atoms with Crippen LogP contribution in [-0.2, 0) is 14.8 Å². The summed E-state index contributed by atoms with van der Waals surface area (Å²) in [5, 5.41) is 22.4. The summed E-state index contributed by atoms with van der Waals surface area (Å²) in [6.07, 6.45) is 1.62. The molecule has 1 fully saturated rings. The molecule has 0 saturated carbocycles. The number of rotatable bonds is 3. The van der Waals surface area contributed by atoms with Crippen LogP contribution in [0.1, 0.15) is 5.56 Å². The van der Waals surface area contributed by atoms with Gasteiger partial charge in [0, 0.05) is 0 Å². The molecule has 1 heterocycles. The molecular weight excluding hydrogens is 362 g/mol. The number of thioether (sulfide) groups is 1. The molecule has 1 saturated heterocycles. The van der Waals surface area contributed by atoms with Gasteiger partial charge in [-0.1, -0.05) is 12.1 Å². The van der Waals surface area contributed by atoms with E-state index in [0.717, 1.165) is 11.8 Å². The van der Waals surface area contributed by atoms with E-state index in [4.69, 9.17) is 10.5 Å². The summed E-state index contributed by atoms with van der Waals surface area (Å²) in [5.74, 6) is -0.261. The Hall–Kier alpha value is -2.62. The van der Waals surface area contributed by atoms with E-state index in [1.54, 1.807) is 18.2 Å². The number of nitrogens with two attached hydrogens (primary N) is 1. The molecule has 2 aromatic carbocycles. The van der Waals surface area contributed by atoms with Crippen molar-refractivity contribution in [3.8, 4) is 5.75 Å². The van der Waals surface area contributed by atoms with Crippen LogP contribution in [-0.4, -0.2) is 24.6 Å². The predicted molar refractivity (Wildman–Crippen MR) is 96.7 cm³/mol. The molecule has 7 nitrogen and oxygen atoms in total. The zero-order valence-corrected chi connectivity index (χ0v) is 14.3. The number of amidine groups is 1. The van der Waals surface area contributed by atoms with Crippen LogP contribution in [0.2, 0.25) is 0 Å². The summed E-state index contributed by atoms with van der Waals surface area (Å²) in [6, 6.07) is 11.8. The Morgan fingerprint density at radius 3 is 2.24 bits per heavy atom. The number of carbonyl (C=O) groups is 1. The van der Waals surface area contributed by atoms with Crippen LogP contribution in [0.5, 0.6) is 5.75 Å². The van der Waals surface area contributed by atoms with Crippen molar-refractivity contribution < 1.29 is 18.3 Å². The minimum atomic E-state index is -3.82. The average molecular weight is 375 g/mol. The lowest BCUT2D eigenvalue weighted by Gasteiger charge is -2.14. The molecule has 2 aromatic rings. The van der Waals surface area contributed by atoms with Gasteiger partial charge in [0.2, 0.25) is 10.0 Å². The highest BCUT2D eigenvalue weighted by Crippen LogP contribution is 2.35. The lowest BCUT2D eigenvalue weighted by Crippen LogP contribution is -2.28. The first-order valence-electron chi connectivity index (χ1n) is 7.00. The van der Waals surface area contributed by atoms with Crippen molar-refractivity contribution in [3.05, 3.63) is 59.0 Å². The predicted octanol–water partition coefficient (Wildman–Crippen LogP) is 2.10. The van der Waals surface area contributed by atoms with Crippen LogP contribution < -0.4 is 10.0 Å². The van der Waals surface area contributed by atoms with Gasteiger partial charge in [-0.15, -0.1) is 0 Å². The number of anilines is 1. The Balaban J connectivity index is 1.90. The summed E-state index contributed by atoms with van der Waals surface area (Å²) < 4.78 is 22.6. The molecule has 1 aliphatic heterocycles. The summed E-state index contributed by atoms with van der Waals surface area (Å²) in [5.41, 5.74) is 1.09. The molecule has 0 unspecified atom stereocenters. The van der Waals surface area contributed by atoms with E-state index in [1.807, 2.05) is 0 Å². The van der Waals surface area contributed by atoms with Crippen LogP contribution in [0.25, 0.3) is 6.08 Å². The highest BCUT2D eigenvalue weighted by molar-refractivity contribution is 8.19. The molecular formula is C16H13N3O4S2. The van der Waals surface area contributed by atoms with Gasteiger partial charge in [0.25, 0.3) is 5.91 Å². The zero-order valence-electron chi connectivity index (χ0n) is 12.7. The first kappa shape index (κ1) is 17.2. The molecule has 3 rings (SSSR count). The van der Waals surface area contributed by atoms with E-state index in [-0.39, 0.29) is 21.7 Å². The highest BCUT2D eigenvalue weighted by Gasteiger charge is 2.33. The van der Waals surface area contributed by atoms with Gasteiger partial charge in [-0.25, -0.2) is 13.6 Å². The Bertz CT molecular complexity index is 981. The monoisotopic (exact) mass is 375 g/mol. The van der Waals surface area contributed by atoms with Crippen molar-refractivity contribution >= 4 is 44.6 Å². The fraction of sp³-hybridized carbons (Fsp3) is 0. The third-order valence-electron chi connectivity index (χ3n) is 3.44. The largest absolute Gasteiger partial charge is 0.508 e. The molecule has 0 aliphatic carbocycles. The number of phenolic OH excluding ortho intramolecular Hbond substituents is 1. The Morgan fingerprint density at radius 1 is 1.08 bits per heavy atom. The smallest absolute Gasteiger partial charge is 0.271 e. The van der Waals surface area contributed by atoms with Crippen molar-refractivity contribution in [2.75, 3.05) is 4.90 Å². The van der Waals surface area contributed by atoms with E-state index in [9.17, 15) is 18.3 Å². The van der Waals surface area contributed by atoms with Crippen molar-refractivity contribution in [3.63, 3.8) is 0 Å². The van der Waals surface area contributed by atoms with Crippen LogP contribution in [0.4, 0.5) is 5.69 Å². The van der Waals surface area contributed by atoms with E-state index in [2.05, 4.69) is 0 Å². The number of benzene rings is 2. The van der Waals surface area contributed by atoms with Crippen molar-refractivity contribution in [1.82, 2.24) is 0 Å². The Kier molecular flexibility index (Phi) is 4.38. The molecule has 0 spiro atoms. The number of primary sulfonamides is 1. The number of phenols is 1. The summed E-state index contributed by atoms with van der Waals surface area (Å²) in [6.45, 7) is 0. The van der Waals surface area contributed by atoms with Gasteiger partial charge in [-0.05, 0) is 59.8 Å². The van der Waals surface area contributed by atoms with Gasteiger partial charge in [-0.2, -0.15) is 0 Å². The van der Waals surface area contributed by atoms with Gasteiger partial charge in [0.15, 0.2) is 5.17 Å². The molecule has 0 aromatic heterocycles. The van der Waals surface area contributed by atoms with Crippen LogP contribution in [0.15, 0.2) is 58.3 Å². The molecule has 0 bridgehead atoms. The highest BCUT2D eigenvalue weighted by atomic mass is 32.2. The molecule has 128 valence electrons. The fourth-order valence-corrected chi connectivity index (χ4v) is 3.61. The maximum absolute atomic E-state index is 12.6. The molecule has 0 radical (unpaired) electrons. The summed E-state index contributed by atoms with van der Waals surface area (Å²) >= 11 is 1.00. The van der Waals surface area contributed by atoms with Crippen molar-refractivity contribution in [2.24, 2.45) is 5.14 Å². The maximum atomic E-state index is 12.6. The maximum Gasteiger partial charge on any atom is 0.271 e. The number of nitrogens with one attached hydrogen (secondary N) is 1. The van der Waals surface area contributed by atoms with Crippen LogP contribution >= 0.6 is 11.8 Å². The normalized spacial score (nSPS) is 16.7. The molecule has 4 N–H and O–H groups in total. The standard InChI is InChI=1S/C16H13N3O4S2/c17-16-19(11-3-7-13(8-4-11)25(18,22)23)15(21)14(24-16)9-10-1-5-12(20)6-2-10/h1-9,17,20H,(H2,18,22,23)/b14-9-,17-16?. The second-order valence-corrected chi connectivity index (χ2v) is 7.78. The minimum Gasteiger partial charge on any atom is -0.508 e. The third-order valence-corrected chi connectivity index (χ3v) is 5.26. The number of amides is 1. The van der Waals surface area contributed by atoms with Crippen molar-refractivity contribution in [1.29, 1.82) is 5.41 Å². The van der Waals surface area contributed by atoms with Gasteiger partial charge < -0.3 is 5.11 Å². The van der Waals surface area contributed by atoms with Gasteiger partial charge in [0.1, 0.15) is 5.75 Å². The second-order valence-electron chi connectivity index (χ2n) is 5.19. The minimum absolute atomic E-state index is 0.0124. The number of nitrogens with zero attached hydrogens (tertiary/aromatic N) is 1. The van der Waals surface area contributed by atoms with Gasteiger partial charge in [-0.3, -0.25) is 15.1 Å². The zero-order chi connectivity index (χ0) is 18.2. The van der Waals surface area contributed by atoms with Crippen molar-refractivity contribution in [2.45, 2.75) is 4.90 Å². The SMILES string of the molecule is N=C1S/C(=C\c2ccc(O)cc2)C(=O)N1c1ccc(S(N)(=O)=O)cc1. The summed E-state index contributed by atoms with van der Waals surface area (Å²) in [7, 11) is -3.82. The molecule has 9 heteroatoms. The number of carbonyl (C=O) groups excluding carboxylic acids is 1. The number of hydrogen-bond donors (Lipinski definition) is 3. The lowest BCUT2D eigenvalue weighted by atomic mass is 10.2. The molecule has 1 aliphatic rings. The number of hydrogen-bond acceptors (Lipinski definition) is 6. The first-order chi connectivity index (χ1) is 11.8. The van der Waals surface area contributed by atoms with Crippen LogP contribution in [0.3, 0.4) is 0 Å². The molecule has 0 atom stereocenters. The number of aromatic hydroxyl groups is 1. The third kappa shape index (κ3) is 3.58. The first-order valence-corrected chi connectivity index (χ1v) is 9.36. The van der Waals surface area contributed by atoms with E-state index in [1.165, 1.54) is 41.3 Å². The second kappa shape index (κ2) is 6.36. The van der Waals surface area contributed by atoms with Crippen LogP contribution in [0, 0.1) is 5.41 Å².